The maximum atomic E-state index is 12.7. The van der Waals surface area contributed by atoms with E-state index in [9.17, 15) is 4.79 Å². The molecule has 1 aromatic carbocycles. The molecule has 1 saturated heterocycles. The largest absolute Gasteiger partial charge is 0.493 e. The zero-order valence-corrected chi connectivity index (χ0v) is 19.3. The molecule has 0 radical (unpaired) electrons. The van der Waals surface area contributed by atoms with E-state index in [2.05, 4.69) is 30.9 Å². The van der Waals surface area contributed by atoms with Crippen LogP contribution in [0.5, 0.6) is 11.5 Å². The smallest absolute Gasteiger partial charge is 0.323 e. The van der Waals surface area contributed by atoms with Gasteiger partial charge in [-0.05, 0) is 47.9 Å². The van der Waals surface area contributed by atoms with Gasteiger partial charge in [0.05, 0.1) is 14.2 Å². The highest BCUT2D eigenvalue weighted by molar-refractivity contribution is 5.76. The van der Waals surface area contributed by atoms with Gasteiger partial charge < -0.3 is 19.9 Å². The number of hydrogen-bond donors (Lipinski definition) is 1. The Hall–Kier alpha value is -1.79. The Labute approximate surface area is 181 Å². The second-order valence-corrected chi connectivity index (χ2v) is 9.54. The van der Waals surface area contributed by atoms with Gasteiger partial charge in [0.1, 0.15) is 12.1 Å². The minimum atomic E-state index is -0.578. The molecule has 0 unspecified atom stereocenters. The second-order valence-electron chi connectivity index (χ2n) is 9.54. The molecular weight excluding hydrogens is 380 g/mol. The molecule has 30 heavy (non-hydrogen) atoms. The summed E-state index contributed by atoms with van der Waals surface area (Å²) in [5, 5.41) is 0. The molecule has 2 aliphatic heterocycles. The molecule has 0 aliphatic carbocycles. The monoisotopic (exact) mass is 418 g/mol. The van der Waals surface area contributed by atoms with Crippen molar-refractivity contribution in [3.8, 4) is 11.5 Å². The number of methoxy groups -OCH3 is 2. The van der Waals surface area contributed by atoms with Crippen molar-refractivity contribution >= 4 is 5.97 Å². The van der Waals surface area contributed by atoms with Crippen molar-refractivity contribution in [3.05, 3.63) is 23.3 Å². The van der Waals surface area contributed by atoms with Crippen LogP contribution in [0.3, 0.4) is 0 Å². The average Bonchev–Trinajstić information content (AvgIpc) is 2.71. The molecule has 0 saturated carbocycles. The number of hydrogen-bond acceptors (Lipinski definition) is 6. The lowest BCUT2D eigenvalue weighted by Gasteiger charge is -2.47. The number of carbonyl (C=O) groups excluding carboxylic acids is 1. The van der Waals surface area contributed by atoms with Gasteiger partial charge in [-0.2, -0.15) is 0 Å². The van der Waals surface area contributed by atoms with Gasteiger partial charge in [-0.1, -0.05) is 27.7 Å². The Morgan fingerprint density at radius 2 is 1.83 bits per heavy atom. The molecule has 1 fully saturated rings. The Morgan fingerprint density at radius 1 is 1.17 bits per heavy atom. The van der Waals surface area contributed by atoms with Gasteiger partial charge in [0.15, 0.2) is 11.5 Å². The summed E-state index contributed by atoms with van der Waals surface area (Å²) >= 11 is 0. The summed E-state index contributed by atoms with van der Waals surface area (Å²) in [6.45, 7) is 10.3. The molecule has 0 bridgehead atoms. The van der Waals surface area contributed by atoms with E-state index in [4.69, 9.17) is 19.9 Å². The van der Waals surface area contributed by atoms with E-state index in [0.717, 1.165) is 43.9 Å². The van der Waals surface area contributed by atoms with E-state index in [1.165, 1.54) is 11.1 Å². The Balaban J connectivity index is 1.88. The van der Waals surface area contributed by atoms with E-state index >= 15 is 0 Å². The van der Waals surface area contributed by atoms with E-state index in [-0.39, 0.29) is 24.0 Å². The predicted molar refractivity (Wildman–Crippen MR) is 118 cm³/mol. The van der Waals surface area contributed by atoms with Crippen LogP contribution in [0.25, 0.3) is 0 Å². The molecule has 6 nitrogen and oxygen atoms in total. The number of nitrogens with two attached hydrogens (primary N) is 1. The van der Waals surface area contributed by atoms with Crippen LogP contribution in [0.15, 0.2) is 12.1 Å². The van der Waals surface area contributed by atoms with E-state index in [0.29, 0.717) is 11.8 Å². The zero-order chi connectivity index (χ0) is 22.0. The molecule has 2 aliphatic rings. The Morgan fingerprint density at radius 3 is 2.43 bits per heavy atom. The molecule has 2 N–H and O–H groups in total. The quantitative estimate of drug-likeness (QED) is 0.683. The van der Waals surface area contributed by atoms with Crippen molar-refractivity contribution in [2.24, 2.45) is 23.5 Å². The zero-order valence-electron chi connectivity index (χ0n) is 19.3. The van der Waals surface area contributed by atoms with Gasteiger partial charge in [-0.25, -0.2) is 0 Å². The first-order chi connectivity index (χ1) is 14.2. The Kier molecular flexibility index (Phi) is 7.30. The number of carbonyl (C=O) groups is 1. The number of nitrogens with zero attached hydrogens (tertiary/aromatic N) is 1. The van der Waals surface area contributed by atoms with Crippen molar-refractivity contribution < 1.29 is 19.0 Å². The summed E-state index contributed by atoms with van der Waals surface area (Å²) in [6.07, 6.45) is 2.70. The highest BCUT2D eigenvalue weighted by Gasteiger charge is 2.41. The molecule has 2 heterocycles. The topological polar surface area (TPSA) is 74.0 Å². The molecular formula is C24H38N2O4. The maximum Gasteiger partial charge on any atom is 0.323 e. The summed E-state index contributed by atoms with van der Waals surface area (Å²) in [5.41, 5.74) is 8.64. The first kappa shape index (κ1) is 22.9. The van der Waals surface area contributed by atoms with Crippen molar-refractivity contribution in [3.63, 3.8) is 0 Å². The summed E-state index contributed by atoms with van der Waals surface area (Å²) < 4.78 is 17.1. The van der Waals surface area contributed by atoms with Crippen LogP contribution < -0.4 is 15.2 Å². The molecule has 168 valence electrons. The number of piperidine rings is 1. The standard InChI is InChI=1S/C24H38N2O4/c1-14(2)9-17-13-26-8-7-16-10-21(28-5)22(29-6)11-18(16)19(26)12-20(17)30-24(27)23(25)15(3)4/h10-11,14-15,17,19-20,23H,7-9,12-13,25H2,1-6H3/t17-,19-,20+,23+/m0/s1. The summed E-state index contributed by atoms with van der Waals surface area (Å²) in [6, 6.07) is 3.84. The number of fused-ring (bicyclic) bond motifs is 3. The van der Waals surface area contributed by atoms with Gasteiger partial charge >= 0.3 is 5.97 Å². The molecule has 1 aromatic rings. The third kappa shape index (κ3) is 4.75. The van der Waals surface area contributed by atoms with Crippen molar-refractivity contribution in [2.75, 3.05) is 27.3 Å². The van der Waals surface area contributed by atoms with Crippen LogP contribution in [0.2, 0.25) is 0 Å². The number of esters is 1. The number of ether oxygens (including phenoxy) is 3. The van der Waals surface area contributed by atoms with Crippen molar-refractivity contribution in [1.82, 2.24) is 4.90 Å². The number of benzene rings is 1. The van der Waals surface area contributed by atoms with Crippen LogP contribution in [-0.2, 0) is 16.0 Å². The van der Waals surface area contributed by atoms with Crippen LogP contribution in [0.1, 0.15) is 57.7 Å². The molecule has 3 rings (SSSR count). The predicted octanol–water partition coefficient (Wildman–Crippen LogP) is 3.56. The fraction of sp³-hybridized carbons (Fsp3) is 0.708. The van der Waals surface area contributed by atoms with E-state index < -0.39 is 6.04 Å². The van der Waals surface area contributed by atoms with Crippen LogP contribution >= 0.6 is 0 Å². The lowest BCUT2D eigenvalue weighted by molar-refractivity contribution is -0.160. The molecule has 4 atom stereocenters. The highest BCUT2D eigenvalue weighted by Crippen LogP contribution is 2.44. The van der Waals surface area contributed by atoms with Gasteiger partial charge in [0.2, 0.25) is 0 Å². The summed E-state index contributed by atoms with van der Waals surface area (Å²) in [4.78, 5) is 15.2. The summed E-state index contributed by atoms with van der Waals surface area (Å²) in [7, 11) is 3.34. The Bertz CT molecular complexity index is 749. The molecule has 0 aromatic heterocycles. The van der Waals surface area contributed by atoms with Gasteiger partial charge in [-0.3, -0.25) is 9.69 Å². The van der Waals surface area contributed by atoms with Gasteiger partial charge in [0, 0.05) is 31.5 Å². The fourth-order valence-corrected chi connectivity index (χ4v) is 4.88. The molecule has 6 heteroatoms. The van der Waals surface area contributed by atoms with Gasteiger partial charge in [-0.15, -0.1) is 0 Å². The summed E-state index contributed by atoms with van der Waals surface area (Å²) in [5.74, 6) is 2.18. The lowest BCUT2D eigenvalue weighted by Crippen LogP contribution is -2.51. The minimum absolute atomic E-state index is 0.0632. The van der Waals surface area contributed by atoms with E-state index in [1.54, 1.807) is 14.2 Å². The van der Waals surface area contributed by atoms with Crippen molar-refractivity contribution in [1.29, 1.82) is 0 Å². The third-order valence-corrected chi connectivity index (χ3v) is 6.60. The second kappa shape index (κ2) is 9.56. The van der Waals surface area contributed by atoms with Crippen LogP contribution in [-0.4, -0.2) is 50.3 Å². The average molecular weight is 419 g/mol. The first-order valence-corrected chi connectivity index (χ1v) is 11.2. The minimum Gasteiger partial charge on any atom is -0.493 e. The lowest BCUT2D eigenvalue weighted by atomic mass is 9.79. The molecule has 0 amide bonds. The highest BCUT2D eigenvalue weighted by atomic mass is 16.5. The van der Waals surface area contributed by atoms with Crippen LogP contribution in [0.4, 0.5) is 0 Å². The van der Waals surface area contributed by atoms with Crippen LogP contribution in [0, 0.1) is 17.8 Å². The SMILES string of the molecule is COc1cc2c(cc1OC)[C@@H]1C[C@@H](OC(=O)[C@H](N)C(C)C)[C@@H](CC(C)C)CN1CC2. The molecule has 0 spiro atoms. The first-order valence-electron chi connectivity index (χ1n) is 11.2. The van der Waals surface area contributed by atoms with Gasteiger partial charge in [0.25, 0.3) is 0 Å². The maximum absolute atomic E-state index is 12.7. The van der Waals surface area contributed by atoms with E-state index in [1.807, 2.05) is 13.8 Å². The third-order valence-electron chi connectivity index (χ3n) is 6.60. The number of rotatable bonds is 7. The normalized spacial score (nSPS) is 24.9. The fourth-order valence-electron chi connectivity index (χ4n) is 4.88. The van der Waals surface area contributed by atoms with Crippen molar-refractivity contribution in [2.45, 2.75) is 65.1 Å².